The van der Waals surface area contributed by atoms with Crippen LogP contribution in [0.5, 0.6) is 0 Å². The van der Waals surface area contributed by atoms with Gasteiger partial charge in [-0.2, -0.15) is 0 Å². The summed E-state index contributed by atoms with van der Waals surface area (Å²) < 4.78 is 6.02. The summed E-state index contributed by atoms with van der Waals surface area (Å²) in [5, 5.41) is 0. The maximum atomic E-state index is 11.5. The van der Waals surface area contributed by atoms with E-state index in [2.05, 4.69) is 22.5 Å². The van der Waals surface area contributed by atoms with E-state index in [0.717, 1.165) is 17.3 Å². The summed E-state index contributed by atoms with van der Waals surface area (Å²) in [6.45, 7) is 4.04. The van der Waals surface area contributed by atoms with Gasteiger partial charge in [-0.25, -0.2) is 4.79 Å². The Morgan fingerprint density at radius 3 is 2.67 bits per heavy atom. The quantitative estimate of drug-likeness (QED) is 0.464. The van der Waals surface area contributed by atoms with Crippen LogP contribution in [0.1, 0.15) is 23.2 Å². The average molecular weight is 269 g/mol. The highest BCUT2D eigenvalue weighted by Crippen LogP contribution is 2.11. The Morgan fingerprint density at radius 2 is 2.07 bits per heavy atom. The molecule has 0 aromatic heterocycles. The number of esters is 1. The summed E-state index contributed by atoms with van der Waals surface area (Å²) >= 11 is 3.30. The highest BCUT2D eigenvalue weighted by atomic mass is 79.9. The lowest BCUT2D eigenvalue weighted by molar-refractivity contribution is 0.0501. The highest BCUT2D eigenvalue weighted by Gasteiger charge is 2.05. The normalized spacial score (nSPS) is 9.67. The third kappa shape index (κ3) is 4.30. The van der Waals surface area contributed by atoms with Crippen LogP contribution in [0.15, 0.2) is 41.4 Å². The van der Waals surface area contributed by atoms with E-state index >= 15 is 0 Å². The van der Waals surface area contributed by atoms with Gasteiger partial charge >= 0.3 is 5.97 Å². The molecular weight excluding hydrogens is 256 g/mol. The van der Waals surface area contributed by atoms with Crippen molar-refractivity contribution in [2.24, 2.45) is 0 Å². The number of benzene rings is 1. The van der Waals surface area contributed by atoms with Crippen LogP contribution in [0.4, 0.5) is 0 Å². The van der Waals surface area contributed by atoms with Crippen molar-refractivity contribution < 1.29 is 9.53 Å². The number of ether oxygens (including phenoxy) is 1. The minimum Gasteiger partial charge on any atom is -0.462 e. The minimum atomic E-state index is -0.272. The van der Waals surface area contributed by atoms with Crippen LogP contribution in [0.25, 0.3) is 0 Å². The Hall–Kier alpha value is -1.09. The molecule has 1 rings (SSSR count). The number of allylic oxidation sites excluding steroid dienone is 1. The molecular formula is C12H13BrO2. The first-order valence-corrected chi connectivity index (χ1v) is 5.57. The topological polar surface area (TPSA) is 26.3 Å². The van der Waals surface area contributed by atoms with Crippen LogP contribution >= 0.6 is 15.9 Å². The van der Waals surface area contributed by atoms with E-state index in [0.29, 0.717) is 12.2 Å². The van der Waals surface area contributed by atoms with Crippen molar-refractivity contribution in [3.8, 4) is 0 Å². The predicted molar refractivity (Wildman–Crippen MR) is 63.9 cm³/mol. The fourth-order valence-corrected chi connectivity index (χ4v) is 1.33. The largest absolute Gasteiger partial charge is 0.462 e. The van der Waals surface area contributed by atoms with Crippen molar-refractivity contribution in [3.05, 3.63) is 47.0 Å². The van der Waals surface area contributed by atoms with Gasteiger partial charge in [-0.3, -0.25) is 0 Å². The Morgan fingerprint density at radius 1 is 1.40 bits per heavy atom. The molecule has 80 valence electrons. The van der Waals surface area contributed by atoms with E-state index in [1.165, 1.54) is 0 Å². The number of rotatable bonds is 5. The summed E-state index contributed by atoms with van der Waals surface area (Å²) in [5.41, 5.74) is 0.580. The number of carbonyl (C=O) groups is 1. The smallest absolute Gasteiger partial charge is 0.338 e. The molecule has 0 saturated carbocycles. The molecule has 2 nitrogen and oxygen atoms in total. The van der Waals surface area contributed by atoms with Crippen LogP contribution in [0, 0.1) is 0 Å². The van der Waals surface area contributed by atoms with Crippen LogP contribution in [-0.4, -0.2) is 12.6 Å². The molecule has 0 unspecified atom stereocenters. The van der Waals surface area contributed by atoms with Crippen LogP contribution < -0.4 is 0 Å². The Kier molecular flexibility index (Phi) is 5.12. The van der Waals surface area contributed by atoms with Crippen molar-refractivity contribution in [1.29, 1.82) is 0 Å². The zero-order chi connectivity index (χ0) is 11.1. The standard InChI is InChI=1S/C12H13BrO2/c1-2-3-4-9-15-12(14)10-5-7-11(13)8-6-10/h2,5-8H,1,3-4,9H2. The van der Waals surface area contributed by atoms with Crippen molar-refractivity contribution >= 4 is 21.9 Å². The minimum absolute atomic E-state index is 0.272. The predicted octanol–water partition coefficient (Wildman–Crippen LogP) is 3.57. The van der Waals surface area contributed by atoms with Gasteiger partial charge in [0.15, 0.2) is 0 Å². The maximum Gasteiger partial charge on any atom is 0.338 e. The molecule has 1 aromatic carbocycles. The SMILES string of the molecule is C=CCCCOC(=O)c1ccc(Br)cc1. The molecule has 1 aromatic rings. The molecule has 0 aliphatic carbocycles. The summed E-state index contributed by atoms with van der Waals surface area (Å²) in [5.74, 6) is -0.272. The van der Waals surface area contributed by atoms with Crippen molar-refractivity contribution in [3.63, 3.8) is 0 Å². The summed E-state index contributed by atoms with van der Waals surface area (Å²) in [6.07, 6.45) is 3.51. The van der Waals surface area contributed by atoms with Gasteiger partial charge in [-0.15, -0.1) is 6.58 Å². The molecule has 0 heterocycles. The molecule has 0 fully saturated rings. The number of carbonyl (C=O) groups excluding carboxylic acids is 1. The van der Waals surface area contributed by atoms with Gasteiger partial charge in [0.25, 0.3) is 0 Å². The lowest BCUT2D eigenvalue weighted by atomic mass is 10.2. The number of unbranched alkanes of at least 4 members (excludes halogenated alkanes) is 1. The van der Waals surface area contributed by atoms with Gasteiger partial charge in [-0.05, 0) is 37.1 Å². The van der Waals surface area contributed by atoms with E-state index in [9.17, 15) is 4.79 Å². The molecule has 0 radical (unpaired) electrons. The fraction of sp³-hybridized carbons (Fsp3) is 0.250. The van der Waals surface area contributed by atoms with Crippen molar-refractivity contribution in [2.75, 3.05) is 6.61 Å². The van der Waals surface area contributed by atoms with Gasteiger partial charge in [0.05, 0.1) is 12.2 Å². The van der Waals surface area contributed by atoms with Gasteiger partial charge in [0.1, 0.15) is 0 Å². The van der Waals surface area contributed by atoms with Gasteiger partial charge in [-0.1, -0.05) is 22.0 Å². The third-order valence-electron chi connectivity index (χ3n) is 1.87. The molecule has 3 heteroatoms. The first-order chi connectivity index (χ1) is 7.24. The van der Waals surface area contributed by atoms with Gasteiger partial charge < -0.3 is 4.74 Å². The van der Waals surface area contributed by atoms with Crippen LogP contribution in [0.2, 0.25) is 0 Å². The molecule has 0 amide bonds. The van der Waals surface area contributed by atoms with Gasteiger partial charge in [0, 0.05) is 4.47 Å². The second-order valence-electron chi connectivity index (χ2n) is 3.07. The molecule has 0 atom stereocenters. The third-order valence-corrected chi connectivity index (χ3v) is 2.39. The van der Waals surface area contributed by atoms with E-state index in [1.54, 1.807) is 12.1 Å². The first kappa shape index (κ1) is 12.0. The lowest BCUT2D eigenvalue weighted by Gasteiger charge is -2.03. The molecule has 0 saturated heterocycles. The highest BCUT2D eigenvalue weighted by molar-refractivity contribution is 9.10. The summed E-state index contributed by atoms with van der Waals surface area (Å²) in [6, 6.07) is 7.11. The maximum absolute atomic E-state index is 11.5. The van der Waals surface area contributed by atoms with E-state index in [-0.39, 0.29) is 5.97 Å². The molecule has 0 aliphatic heterocycles. The zero-order valence-corrected chi connectivity index (χ0v) is 10.00. The van der Waals surface area contributed by atoms with Crippen molar-refractivity contribution in [1.82, 2.24) is 0 Å². The van der Waals surface area contributed by atoms with E-state index in [4.69, 9.17) is 4.74 Å². The number of hydrogen-bond donors (Lipinski definition) is 0. The Balaban J connectivity index is 2.40. The van der Waals surface area contributed by atoms with Crippen molar-refractivity contribution in [2.45, 2.75) is 12.8 Å². The fourth-order valence-electron chi connectivity index (χ4n) is 1.06. The molecule has 0 spiro atoms. The first-order valence-electron chi connectivity index (χ1n) is 4.77. The Bertz CT molecular complexity index is 330. The summed E-state index contributed by atoms with van der Waals surface area (Å²) in [7, 11) is 0. The molecule has 0 N–H and O–H groups in total. The molecule has 15 heavy (non-hydrogen) atoms. The molecule has 0 aliphatic rings. The van der Waals surface area contributed by atoms with Gasteiger partial charge in [0.2, 0.25) is 0 Å². The van der Waals surface area contributed by atoms with Crippen LogP contribution in [-0.2, 0) is 4.74 Å². The monoisotopic (exact) mass is 268 g/mol. The Labute approximate surface area is 98.1 Å². The van der Waals surface area contributed by atoms with Crippen LogP contribution in [0.3, 0.4) is 0 Å². The van der Waals surface area contributed by atoms with E-state index in [1.807, 2.05) is 18.2 Å². The number of hydrogen-bond acceptors (Lipinski definition) is 2. The average Bonchev–Trinajstić information content (AvgIpc) is 2.25. The van der Waals surface area contributed by atoms with E-state index < -0.39 is 0 Å². The summed E-state index contributed by atoms with van der Waals surface area (Å²) in [4.78, 5) is 11.5. The second kappa shape index (κ2) is 6.40. The zero-order valence-electron chi connectivity index (χ0n) is 8.41. The lowest BCUT2D eigenvalue weighted by Crippen LogP contribution is -2.05. The molecule has 0 bridgehead atoms. The second-order valence-corrected chi connectivity index (χ2v) is 3.99. The number of halogens is 1.